The monoisotopic (exact) mass is 296 g/mol. The lowest BCUT2D eigenvalue weighted by molar-refractivity contribution is 0.177. The highest BCUT2D eigenvalue weighted by Crippen LogP contribution is 2.21. The van der Waals surface area contributed by atoms with E-state index in [9.17, 15) is 4.79 Å². The first-order chi connectivity index (χ1) is 13.5. The number of aromatic amines is 1. The van der Waals surface area contributed by atoms with Crippen molar-refractivity contribution in [1.82, 2.24) is 15.2 Å². The number of hydrogen-bond acceptors (Lipinski definition) is 3. The van der Waals surface area contributed by atoms with Crippen LogP contribution < -0.4 is 5.32 Å². The molecule has 2 aromatic rings. The van der Waals surface area contributed by atoms with E-state index in [1.54, 1.807) is 0 Å². The number of nitrogens with zero attached hydrogens (tertiary/aromatic N) is 1. The van der Waals surface area contributed by atoms with E-state index in [0.717, 1.165) is 4.90 Å². The average molecular weight is 296 g/mol. The van der Waals surface area contributed by atoms with Crippen molar-refractivity contribution >= 4 is 17.0 Å². The molecule has 112 valence electrons. The van der Waals surface area contributed by atoms with Crippen molar-refractivity contribution in [2.75, 3.05) is 27.2 Å². The lowest BCUT2D eigenvalue weighted by atomic mass is 10.0. The van der Waals surface area contributed by atoms with Gasteiger partial charge in [-0.15, -0.1) is 0 Å². The summed E-state index contributed by atoms with van der Waals surface area (Å²) in [5.41, 5.74) is 0.126. The molecular weight excluding hydrogens is 266 g/mol. The summed E-state index contributed by atoms with van der Waals surface area (Å²) < 4.78 is 78.2. The molecule has 3 rings (SSSR count). The van der Waals surface area contributed by atoms with Gasteiger partial charge in [-0.05, 0) is 50.1 Å². The number of ether oxygens (including phenoxy) is 1. The molecule has 5 heteroatoms. The minimum atomic E-state index is -2.97. The number of H-pyrrole nitrogens is 1. The highest BCUT2D eigenvalue weighted by atomic mass is 16.6. The molecule has 21 heavy (non-hydrogen) atoms. The van der Waals surface area contributed by atoms with Crippen LogP contribution in [0.25, 0.3) is 10.9 Å². The maximum absolute atomic E-state index is 11.5. The molecule has 1 amide bonds. The maximum atomic E-state index is 11.5. The van der Waals surface area contributed by atoms with Crippen LogP contribution in [0.5, 0.6) is 0 Å². The summed E-state index contributed by atoms with van der Waals surface area (Å²) in [6.07, 6.45) is -5.25. The second-order valence-corrected chi connectivity index (χ2v) is 4.71. The number of amides is 1. The Balaban J connectivity index is 2.17. The van der Waals surface area contributed by atoms with Gasteiger partial charge in [0.15, 0.2) is 0 Å². The third kappa shape index (κ3) is 3.19. The molecular formula is C16H21N3O2. The molecule has 0 unspecified atom stereocenters. The predicted octanol–water partition coefficient (Wildman–Crippen LogP) is 1.92. The number of rotatable bonds is 5. The number of alkyl carbamates (subject to hydrolysis) is 1. The summed E-state index contributed by atoms with van der Waals surface area (Å²) in [6.45, 7) is -5.38. The molecule has 1 aliphatic heterocycles. The van der Waals surface area contributed by atoms with E-state index < -0.39 is 37.9 Å². The van der Waals surface area contributed by atoms with E-state index in [2.05, 4.69) is 9.72 Å². The van der Waals surface area contributed by atoms with Crippen molar-refractivity contribution in [3.05, 3.63) is 35.5 Å². The van der Waals surface area contributed by atoms with Gasteiger partial charge in [-0.25, -0.2) is 4.79 Å². The summed E-state index contributed by atoms with van der Waals surface area (Å²) in [6, 6.07) is 1.12. The molecule has 0 spiro atoms. The normalized spacial score (nSPS) is 32.5. The number of carbonyl (C=O) groups is 1. The highest BCUT2D eigenvalue weighted by Gasteiger charge is 2.22. The van der Waals surface area contributed by atoms with Crippen LogP contribution in [0.4, 0.5) is 4.79 Å². The number of cyclic esters (lactones) is 1. The number of hydrogen-bond donors (Lipinski definition) is 2. The second kappa shape index (κ2) is 5.77. The van der Waals surface area contributed by atoms with E-state index in [-0.39, 0.29) is 16.5 Å². The maximum Gasteiger partial charge on any atom is 0.407 e. The third-order valence-electron chi connectivity index (χ3n) is 2.84. The molecule has 0 aliphatic carbocycles. The zero-order valence-corrected chi connectivity index (χ0v) is 11.6. The van der Waals surface area contributed by atoms with Crippen LogP contribution in [-0.4, -0.2) is 49.1 Å². The van der Waals surface area contributed by atoms with Gasteiger partial charge < -0.3 is 19.9 Å². The van der Waals surface area contributed by atoms with Gasteiger partial charge in [-0.1, -0.05) is 6.07 Å². The zero-order chi connectivity index (χ0) is 22.9. The van der Waals surface area contributed by atoms with Crippen molar-refractivity contribution in [2.24, 2.45) is 0 Å². The number of benzene rings is 1. The Hall–Kier alpha value is -2.01. The van der Waals surface area contributed by atoms with E-state index in [1.165, 1.54) is 38.5 Å². The van der Waals surface area contributed by atoms with Gasteiger partial charge in [0.05, 0.1) is 10.1 Å². The smallest absolute Gasteiger partial charge is 0.407 e. The van der Waals surface area contributed by atoms with E-state index in [0.29, 0.717) is 5.52 Å². The fraction of sp³-hybridized carbons (Fsp3) is 0.438. The molecule has 1 fully saturated rings. The Morgan fingerprint density at radius 3 is 3.14 bits per heavy atom. The van der Waals surface area contributed by atoms with Crippen LogP contribution in [0.3, 0.4) is 0 Å². The van der Waals surface area contributed by atoms with Crippen LogP contribution in [0.2, 0.25) is 0 Å². The van der Waals surface area contributed by atoms with E-state index in [1.807, 2.05) is 5.32 Å². The van der Waals surface area contributed by atoms with Gasteiger partial charge in [-0.2, -0.15) is 0 Å². The van der Waals surface area contributed by atoms with Crippen molar-refractivity contribution in [3.63, 3.8) is 0 Å². The molecule has 0 bridgehead atoms. The van der Waals surface area contributed by atoms with Crippen LogP contribution in [0.15, 0.2) is 24.4 Å². The number of aryl methyl sites for hydroxylation is 1. The van der Waals surface area contributed by atoms with Crippen LogP contribution in [-0.2, 0) is 17.5 Å². The van der Waals surface area contributed by atoms with Gasteiger partial charge >= 0.3 is 6.09 Å². The van der Waals surface area contributed by atoms with Gasteiger partial charge in [0.2, 0.25) is 0 Å². The average Bonchev–Trinajstić information content (AvgIpc) is 3.12. The number of aromatic nitrogens is 1. The molecule has 1 atom stereocenters. The molecule has 0 saturated carbocycles. The van der Waals surface area contributed by atoms with Gasteiger partial charge in [-0.3, -0.25) is 0 Å². The first kappa shape index (κ1) is 6.83. The summed E-state index contributed by atoms with van der Waals surface area (Å²) in [7, 11) is 2.79. The summed E-state index contributed by atoms with van der Waals surface area (Å²) in [5.74, 6) is 0. The Morgan fingerprint density at radius 2 is 2.43 bits per heavy atom. The Morgan fingerprint density at radius 1 is 1.57 bits per heavy atom. The van der Waals surface area contributed by atoms with Crippen molar-refractivity contribution < 1.29 is 21.9 Å². The molecule has 1 saturated heterocycles. The largest absolute Gasteiger partial charge is 0.447 e. The molecule has 1 aromatic heterocycles. The second-order valence-electron chi connectivity index (χ2n) is 4.71. The summed E-state index contributed by atoms with van der Waals surface area (Å²) in [4.78, 5) is 15.4. The number of likely N-dealkylation sites (N-methyl/N-ethyl adjacent to an activating group) is 1. The first-order valence-electron chi connectivity index (χ1n) is 10.8. The Kier molecular flexibility index (Phi) is 1.88. The quantitative estimate of drug-likeness (QED) is 0.886. The predicted molar refractivity (Wildman–Crippen MR) is 82.5 cm³/mol. The molecule has 2 heterocycles. The zero-order valence-electron chi connectivity index (χ0n) is 20.6. The summed E-state index contributed by atoms with van der Waals surface area (Å²) >= 11 is 0. The van der Waals surface area contributed by atoms with Crippen LogP contribution >= 0.6 is 0 Å². The van der Waals surface area contributed by atoms with Crippen LogP contribution in [0, 0.1) is 0 Å². The summed E-state index contributed by atoms with van der Waals surface area (Å²) in [5, 5.41) is 2.06. The SMILES string of the molecule is [2H]C([2H])(c1c[nH]c2ccc(C([2H])([2H])[C@]3([2H])NC(=O)OC3([2H])[2H])cc12)C([2H])([2H])N(C)C. The number of carbonyl (C=O) groups excluding carboxylic acids is 1. The topological polar surface area (TPSA) is 57.4 Å². The van der Waals surface area contributed by atoms with Gasteiger partial charge in [0.1, 0.15) is 6.56 Å². The fourth-order valence-corrected chi connectivity index (χ4v) is 1.93. The minimum Gasteiger partial charge on any atom is -0.447 e. The number of fused-ring (bicyclic) bond motifs is 1. The lowest BCUT2D eigenvalue weighted by Crippen LogP contribution is -2.28. The van der Waals surface area contributed by atoms with E-state index in [4.69, 9.17) is 12.3 Å². The Labute approximate surface area is 136 Å². The number of nitrogens with one attached hydrogen (secondary N) is 2. The molecule has 2 N–H and O–H groups in total. The molecule has 0 radical (unpaired) electrons. The third-order valence-corrected chi connectivity index (χ3v) is 2.84. The molecule has 5 nitrogen and oxygen atoms in total. The van der Waals surface area contributed by atoms with Crippen LogP contribution in [0.1, 0.15) is 23.5 Å². The van der Waals surface area contributed by atoms with Gasteiger partial charge in [0, 0.05) is 31.8 Å². The molecule has 1 aromatic carbocycles. The fourth-order valence-electron chi connectivity index (χ4n) is 1.93. The lowest BCUT2D eigenvalue weighted by Gasteiger charge is -2.09. The van der Waals surface area contributed by atoms with E-state index >= 15 is 0 Å². The van der Waals surface area contributed by atoms with Crippen molar-refractivity contribution in [3.8, 4) is 0 Å². The first-order valence-corrected chi connectivity index (χ1v) is 6.30. The van der Waals surface area contributed by atoms with Gasteiger partial charge in [0.25, 0.3) is 0 Å². The Bertz CT molecular complexity index is 1010. The van der Waals surface area contributed by atoms with Crippen molar-refractivity contribution in [1.29, 1.82) is 0 Å². The molecule has 1 aliphatic rings. The highest BCUT2D eigenvalue weighted by molar-refractivity contribution is 5.84. The van der Waals surface area contributed by atoms with Crippen molar-refractivity contribution in [2.45, 2.75) is 18.8 Å². The minimum absolute atomic E-state index is 0.0670. The standard InChI is InChI=1S/C16H21N3O2/c1-19(2)6-5-12-9-17-15-4-3-11(8-14(12)15)7-13-10-21-16(20)18-13/h3-4,8-9,13,17H,5-7,10H2,1-2H3,(H,18,20)/t13-/m0/s1/i5D2,6D2,7D2,10D2,13D.